The van der Waals surface area contributed by atoms with Crippen LogP contribution in [-0.2, 0) is 9.53 Å². The molecule has 0 aromatic heterocycles. The fraction of sp³-hybridized carbons (Fsp3) is 0.606. The monoisotopic (exact) mass is 784 g/mol. The van der Waals surface area contributed by atoms with E-state index in [1.54, 1.807) is 6.92 Å². The van der Waals surface area contributed by atoms with Crippen LogP contribution in [0.5, 0.6) is 0 Å². The Hall–Kier alpha value is -0.928. The van der Waals surface area contributed by atoms with Crippen molar-refractivity contribution in [3.05, 3.63) is 60.9 Å². The Labute approximate surface area is 272 Å². The van der Waals surface area contributed by atoms with E-state index in [4.69, 9.17) is 10.1 Å². The molecule has 0 fully saturated rings. The number of carbonyl (C=O) groups is 1. The van der Waals surface area contributed by atoms with E-state index in [-0.39, 0.29) is 36.9 Å². The number of benzene rings is 1. The van der Waals surface area contributed by atoms with E-state index in [2.05, 4.69) is 95.5 Å². The fourth-order valence-electron chi connectivity index (χ4n) is 2.93. The number of rotatable bonds is 16. The van der Waals surface area contributed by atoms with Gasteiger partial charge in [0.1, 0.15) is 0 Å². The first-order valence-corrected chi connectivity index (χ1v) is 15.0. The number of nitrogens with one attached hydrogen (secondary N) is 1. The summed E-state index contributed by atoms with van der Waals surface area (Å²) in [6, 6.07) is 10.5. The largest absolute Gasteiger partial charge is 2.00 e. The smallest absolute Gasteiger partial charge is 0.375 e. The average Bonchev–Trinajstić information content (AvgIpc) is 2.95. The van der Waals surface area contributed by atoms with Crippen molar-refractivity contribution in [1.29, 1.82) is 5.41 Å². The summed E-state index contributed by atoms with van der Waals surface area (Å²) in [7, 11) is 0. The van der Waals surface area contributed by atoms with Crippen LogP contribution >= 0.6 is 12.8 Å². The van der Waals surface area contributed by atoms with Crippen molar-refractivity contribution >= 4 is 30.0 Å². The first-order valence-electron chi connectivity index (χ1n) is 14.6. The van der Waals surface area contributed by atoms with Gasteiger partial charge in [-0.3, -0.25) is 0 Å². The van der Waals surface area contributed by atoms with Crippen molar-refractivity contribution in [1.82, 2.24) is 0 Å². The number of unbranched alkanes of at least 4 members (excludes halogenated alkanes) is 4. The van der Waals surface area contributed by atoms with Gasteiger partial charge in [0, 0.05) is 6.61 Å². The number of hydrogen-bond donors (Lipinski definition) is 2. The third kappa shape index (κ3) is 29.9. The molecule has 1 aromatic carbocycles. The zero-order chi connectivity index (χ0) is 29.6. The van der Waals surface area contributed by atoms with Gasteiger partial charge in [0.05, 0.1) is 18.0 Å². The number of nitrogens with zero attached hydrogens (tertiary/aromatic N) is 1. The van der Waals surface area contributed by atoms with Gasteiger partial charge in [-0.05, 0) is 49.9 Å². The van der Waals surface area contributed by atoms with Gasteiger partial charge in [0.15, 0.2) is 0 Å². The molecule has 0 aliphatic carbocycles. The summed E-state index contributed by atoms with van der Waals surface area (Å²) in [5.74, 6) is 0.697. The molecule has 0 heterocycles. The Morgan fingerprint density at radius 3 is 2.08 bits per heavy atom. The van der Waals surface area contributed by atoms with Gasteiger partial charge in [-0.15, -0.1) is 12.1 Å². The predicted octanol–water partition coefficient (Wildman–Crippen LogP) is 10.1. The van der Waals surface area contributed by atoms with Crippen molar-refractivity contribution < 1.29 is 40.6 Å². The third-order valence-electron chi connectivity index (χ3n) is 5.45. The maximum Gasteiger partial charge on any atom is 2.00 e. The van der Waals surface area contributed by atoms with Crippen LogP contribution in [0.3, 0.4) is 0 Å². The van der Waals surface area contributed by atoms with Crippen molar-refractivity contribution in [2.45, 2.75) is 113 Å². The molecule has 0 aliphatic rings. The minimum absolute atomic E-state index is 0. The van der Waals surface area contributed by atoms with Crippen LogP contribution < -0.4 is 0 Å². The van der Waals surface area contributed by atoms with Crippen molar-refractivity contribution in [2.75, 3.05) is 13.2 Å². The number of ether oxygens (including phenoxy) is 1. The van der Waals surface area contributed by atoms with Crippen LogP contribution in [0.15, 0.2) is 46.4 Å². The Morgan fingerprint density at radius 2 is 1.64 bits per heavy atom. The molecular weight excluding hydrogens is 726 g/mol. The molecule has 1 rings (SSSR count). The van der Waals surface area contributed by atoms with Crippen LogP contribution in [0.1, 0.15) is 119 Å². The average molecular weight is 785 g/mol. The Balaban J connectivity index is -0.000000269. The number of Topliss-reactive ketones (excluding diaryl/α,β-unsaturated/α-hetero) is 1. The molecule has 39 heavy (non-hydrogen) atoms. The van der Waals surface area contributed by atoms with Gasteiger partial charge < -0.3 is 21.9 Å². The number of allylic oxidation sites excluding steroid dienone is 2. The molecule has 1 aromatic rings. The molecule has 4 nitrogen and oxygen atoms in total. The van der Waals surface area contributed by atoms with E-state index in [1.807, 2.05) is 19.9 Å². The minimum atomic E-state index is 0. The summed E-state index contributed by atoms with van der Waals surface area (Å²) in [4.78, 5) is 9.70. The topological polar surface area (TPSA) is 62.5 Å². The summed E-state index contributed by atoms with van der Waals surface area (Å²) < 4.78 is 9.54. The van der Waals surface area contributed by atoms with Crippen LogP contribution in [0, 0.1) is 55.8 Å². The molecule has 222 valence electrons. The molecule has 0 saturated heterocycles. The van der Waals surface area contributed by atoms with E-state index in [0.29, 0.717) is 30.4 Å². The molecule has 0 radical (unpaired) electrons. The van der Waals surface area contributed by atoms with E-state index < -0.39 is 0 Å². The minimum Gasteiger partial charge on any atom is -0.375 e. The maximum absolute atomic E-state index is 9.70. The maximum atomic E-state index is 9.70. The number of thiol groups is 1. The number of carbonyl (C=O) groups excluding carboxylic acids is 1. The van der Waals surface area contributed by atoms with E-state index in [9.17, 15) is 4.79 Å². The van der Waals surface area contributed by atoms with Gasteiger partial charge in [0.2, 0.25) is 0 Å². The van der Waals surface area contributed by atoms with Gasteiger partial charge >= 0.3 is 31.1 Å². The first-order chi connectivity index (χ1) is 18.3. The second-order valence-electron chi connectivity index (χ2n) is 8.77. The SMILES string of the molecule is CC.CCC(C)[CH-]c1ccccc1.CCC/C=C(CC)/C(=N/S)C(=N)COCCCCCC.[CH2-]C(=O)CC.[U+2]. The zero-order valence-corrected chi connectivity index (χ0v) is 31.4. The van der Waals surface area contributed by atoms with Crippen molar-refractivity contribution in [2.24, 2.45) is 10.3 Å². The quantitative estimate of drug-likeness (QED) is 0.0759. The van der Waals surface area contributed by atoms with E-state index in [0.717, 1.165) is 37.9 Å². The summed E-state index contributed by atoms with van der Waals surface area (Å²) in [5.41, 5.74) is 3.54. The molecule has 0 amide bonds. The van der Waals surface area contributed by atoms with Gasteiger partial charge in [-0.25, -0.2) is 4.40 Å². The van der Waals surface area contributed by atoms with E-state index in [1.165, 1.54) is 31.2 Å². The van der Waals surface area contributed by atoms with Crippen LogP contribution in [-0.4, -0.2) is 30.4 Å². The molecule has 6 heteroatoms. The number of hydrogen-bond acceptors (Lipinski definition) is 5. The van der Waals surface area contributed by atoms with Gasteiger partial charge in [-0.1, -0.05) is 106 Å². The summed E-state index contributed by atoms with van der Waals surface area (Å²) in [5, 5.41) is 8.09. The Kier molecular flexibility index (Phi) is 40.6. The van der Waals surface area contributed by atoms with Gasteiger partial charge in [0.25, 0.3) is 0 Å². The second kappa shape index (κ2) is 35.1. The molecule has 0 bridgehead atoms. The summed E-state index contributed by atoms with van der Waals surface area (Å²) in [6.07, 6.45) is 14.0. The summed E-state index contributed by atoms with van der Waals surface area (Å²) in [6.45, 7) is 20.8. The van der Waals surface area contributed by atoms with Crippen LogP contribution in [0.4, 0.5) is 0 Å². The first kappa shape index (κ1) is 45.1. The molecule has 0 spiro atoms. The second-order valence-corrected chi connectivity index (χ2v) is 8.97. The molecule has 0 saturated carbocycles. The molecule has 1 N–H and O–H groups in total. The van der Waals surface area contributed by atoms with Crippen LogP contribution in [0.2, 0.25) is 0 Å². The number of ketones is 1. The fourth-order valence-corrected chi connectivity index (χ4v) is 3.18. The van der Waals surface area contributed by atoms with Gasteiger partial charge in [-0.2, -0.15) is 24.1 Å². The molecule has 1 unspecified atom stereocenters. The van der Waals surface area contributed by atoms with Crippen LogP contribution in [0.25, 0.3) is 0 Å². The zero-order valence-electron chi connectivity index (χ0n) is 26.3. The Bertz CT molecular complexity index is 736. The Morgan fingerprint density at radius 1 is 1.05 bits per heavy atom. The molecular formula is C33H58N2O2SU. The predicted molar refractivity (Wildman–Crippen MR) is 174 cm³/mol. The molecule has 1 atom stereocenters. The molecule has 0 aliphatic heterocycles. The van der Waals surface area contributed by atoms with Crippen molar-refractivity contribution in [3.8, 4) is 0 Å². The van der Waals surface area contributed by atoms with Crippen molar-refractivity contribution in [3.63, 3.8) is 0 Å². The third-order valence-corrected chi connectivity index (χ3v) is 5.65. The van der Waals surface area contributed by atoms with E-state index >= 15 is 0 Å². The normalized spacial score (nSPS) is 11.2. The standard InChI is InChI=1S/C16H30N2OS.C11H15.C4H7O.C2H6.U/c1-4-7-9-10-12-19-13-15(17)16(18-20)14(6-3)11-8-5-2;1-3-10(2)9-11-7-5-4-6-8-11;1-3-4(2)5;1-2;/h11,17,20H,4-10,12-13H2,1-3H3;4-10H,3H2,1-2H3;2-3H2,1H3;1-2H3;/q;2*-1;;+2/b14-11+,17-15?,18-16-;;;;. The summed E-state index contributed by atoms with van der Waals surface area (Å²) >= 11 is 4.01.